The summed E-state index contributed by atoms with van der Waals surface area (Å²) in [5, 5.41) is 7.97. The molecule has 3 aromatic heterocycles. The van der Waals surface area contributed by atoms with Crippen molar-refractivity contribution in [1.82, 2.24) is 29.5 Å². The molecule has 0 aromatic carbocycles. The first-order chi connectivity index (χ1) is 16.7. The zero-order chi connectivity index (χ0) is 24.7. The molecule has 0 bridgehead atoms. The van der Waals surface area contributed by atoms with E-state index in [4.69, 9.17) is 14.6 Å². The summed E-state index contributed by atoms with van der Waals surface area (Å²) < 4.78 is 27.5. The molecule has 1 aliphatic carbocycles. The van der Waals surface area contributed by atoms with Gasteiger partial charge in [0.15, 0.2) is 11.5 Å². The van der Waals surface area contributed by atoms with Crippen LogP contribution in [-0.2, 0) is 4.74 Å². The number of methoxy groups -OCH3 is 1. The normalized spacial score (nSPS) is 18.5. The van der Waals surface area contributed by atoms with Crippen LogP contribution in [0.15, 0.2) is 18.5 Å². The molecule has 1 N–H and O–H groups in total. The molecule has 1 saturated carbocycles. The Morgan fingerprint density at radius 1 is 1.20 bits per heavy atom. The first kappa shape index (κ1) is 23.3. The molecule has 35 heavy (non-hydrogen) atoms. The second-order valence-electron chi connectivity index (χ2n) is 10.1. The predicted molar refractivity (Wildman–Crippen MR) is 127 cm³/mol. The lowest BCUT2D eigenvalue weighted by Gasteiger charge is -2.34. The molecule has 1 atom stereocenters. The van der Waals surface area contributed by atoms with Gasteiger partial charge in [-0.3, -0.25) is 0 Å². The number of nitrogens with zero attached hydrogens (tertiary/aromatic N) is 6. The second kappa shape index (κ2) is 8.94. The van der Waals surface area contributed by atoms with Crippen LogP contribution in [0, 0.1) is 5.82 Å². The average Bonchev–Trinajstić information content (AvgIpc) is 3.58. The minimum absolute atomic E-state index is 0.0828. The van der Waals surface area contributed by atoms with E-state index in [9.17, 15) is 9.18 Å². The largest absolute Gasteiger partial charge is 0.495 e. The second-order valence-corrected chi connectivity index (χ2v) is 10.1. The number of fused-ring (bicyclic) bond motifs is 1. The number of amides is 1. The molecule has 11 heteroatoms. The molecule has 2 aliphatic rings. The standard InChI is InChI=1S/C24H30FN7O3/c1-24(2,3)35-23(33)31-9-5-6-15(13-31)28-22-27-11-16(25)21(29-22)17-12-26-19-10-18(34-4)20(14-7-8-14)30-32(17)19/h10-12,14-15H,5-9,13H2,1-4H3,(H,27,28,29). The number of nitrogens with one attached hydrogen (secondary N) is 1. The van der Waals surface area contributed by atoms with Crippen LogP contribution in [0.1, 0.15) is 58.1 Å². The van der Waals surface area contributed by atoms with Crippen LogP contribution in [0.5, 0.6) is 5.75 Å². The summed E-state index contributed by atoms with van der Waals surface area (Å²) in [6, 6.07) is 1.73. The number of imidazole rings is 1. The van der Waals surface area contributed by atoms with Crippen molar-refractivity contribution in [2.75, 3.05) is 25.5 Å². The molecule has 186 valence electrons. The van der Waals surface area contributed by atoms with Gasteiger partial charge < -0.3 is 19.7 Å². The van der Waals surface area contributed by atoms with Gasteiger partial charge in [0, 0.05) is 31.1 Å². The van der Waals surface area contributed by atoms with Crippen LogP contribution < -0.4 is 10.1 Å². The Bertz CT molecular complexity index is 1250. The molecule has 0 radical (unpaired) electrons. The van der Waals surface area contributed by atoms with Crippen molar-refractivity contribution in [2.45, 2.75) is 64.0 Å². The lowest BCUT2D eigenvalue weighted by Crippen LogP contribution is -2.47. The van der Waals surface area contributed by atoms with Gasteiger partial charge in [0.2, 0.25) is 5.95 Å². The van der Waals surface area contributed by atoms with Crippen LogP contribution in [0.2, 0.25) is 0 Å². The molecule has 1 aliphatic heterocycles. The lowest BCUT2D eigenvalue weighted by molar-refractivity contribution is 0.0206. The van der Waals surface area contributed by atoms with E-state index in [1.165, 1.54) is 0 Å². The van der Waals surface area contributed by atoms with E-state index in [1.807, 2.05) is 26.8 Å². The number of rotatable bonds is 5. The summed E-state index contributed by atoms with van der Waals surface area (Å²) in [7, 11) is 1.61. The van der Waals surface area contributed by atoms with Gasteiger partial charge in [0.25, 0.3) is 0 Å². The van der Waals surface area contributed by atoms with E-state index in [2.05, 4.69) is 20.3 Å². The number of likely N-dealkylation sites (tertiary alicyclic amines) is 1. The monoisotopic (exact) mass is 483 g/mol. The fraction of sp³-hybridized carbons (Fsp3) is 0.542. The third kappa shape index (κ3) is 4.98. The Morgan fingerprint density at radius 2 is 2.00 bits per heavy atom. The number of anilines is 1. The Kier molecular flexibility index (Phi) is 5.94. The number of hydrogen-bond donors (Lipinski definition) is 1. The van der Waals surface area contributed by atoms with Crippen molar-refractivity contribution in [3.63, 3.8) is 0 Å². The summed E-state index contributed by atoms with van der Waals surface area (Å²) in [5.74, 6) is 0.746. The van der Waals surface area contributed by atoms with Gasteiger partial charge in [-0.2, -0.15) is 5.10 Å². The van der Waals surface area contributed by atoms with Gasteiger partial charge in [-0.15, -0.1) is 0 Å². The maximum absolute atomic E-state index is 14.9. The van der Waals surface area contributed by atoms with Gasteiger partial charge in [-0.25, -0.2) is 28.7 Å². The maximum atomic E-state index is 14.9. The Morgan fingerprint density at radius 3 is 2.71 bits per heavy atom. The number of carbonyl (C=O) groups is 1. The predicted octanol–water partition coefficient (Wildman–Crippen LogP) is 4.02. The van der Waals surface area contributed by atoms with E-state index >= 15 is 0 Å². The summed E-state index contributed by atoms with van der Waals surface area (Å²) in [4.78, 5) is 27.1. The fourth-order valence-electron chi connectivity index (χ4n) is 4.26. The third-order valence-electron chi connectivity index (χ3n) is 6.06. The first-order valence-corrected chi connectivity index (χ1v) is 11.9. The van der Waals surface area contributed by atoms with Crippen molar-refractivity contribution in [3.8, 4) is 17.1 Å². The van der Waals surface area contributed by atoms with Crippen LogP contribution in [0.25, 0.3) is 17.0 Å². The van der Waals surface area contributed by atoms with Gasteiger partial charge in [0.1, 0.15) is 28.4 Å². The number of halogens is 1. The Hall–Kier alpha value is -3.50. The molecule has 1 saturated heterocycles. The van der Waals surface area contributed by atoms with E-state index in [0.29, 0.717) is 36.1 Å². The summed E-state index contributed by atoms with van der Waals surface area (Å²) in [6.45, 7) is 6.61. The molecule has 0 spiro atoms. The topological polar surface area (TPSA) is 107 Å². The molecule has 10 nitrogen and oxygen atoms in total. The number of hydrogen-bond acceptors (Lipinski definition) is 8. The summed E-state index contributed by atoms with van der Waals surface area (Å²) in [6.07, 6.45) is 6.10. The lowest BCUT2D eigenvalue weighted by atomic mass is 10.1. The highest BCUT2D eigenvalue weighted by Gasteiger charge is 2.31. The Labute approximate surface area is 202 Å². The van der Waals surface area contributed by atoms with Gasteiger partial charge in [-0.05, 0) is 46.5 Å². The summed E-state index contributed by atoms with van der Waals surface area (Å²) >= 11 is 0. The number of piperidine rings is 1. The van der Waals surface area contributed by atoms with Crippen molar-refractivity contribution in [1.29, 1.82) is 0 Å². The zero-order valence-electron chi connectivity index (χ0n) is 20.4. The number of aromatic nitrogens is 5. The maximum Gasteiger partial charge on any atom is 0.410 e. The minimum Gasteiger partial charge on any atom is -0.495 e. The molecule has 3 aromatic rings. The van der Waals surface area contributed by atoms with Crippen molar-refractivity contribution in [2.24, 2.45) is 0 Å². The summed E-state index contributed by atoms with van der Waals surface area (Å²) in [5.41, 5.74) is 1.38. The molecule has 4 heterocycles. The molecular formula is C24H30FN7O3. The highest BCUT2D eigenvalue weighted by molar-refractivity contribution is 5.68. The van der Waals surface area contributed by atoms with Gasteiger partial charge in [-0.1, -0.05) is 0 Å². The van der Waals surface area contributed by atoms with Crippen LogP contribution >= 0.6 is 0 Å². The molecule has 2 fully saturated rings. The highest BCUT2D eigenvalue weighted by atomic mass is 19.1. The van der Waals surface area contributed by atoms with E-state index in [0.717, 1.165) is 37.6 Å². The minimum atomic E-state index is -0.568. The first-order valence-electron chi connectivity index (χ1n) is 11.9. The molecule has 1 unspecified atom stereocenters. The van der Waals surface area contributed by atoms with E-state index in [1.54, 1.807) is 22.7 Å². The zero-order valence-corrected chi connectivity index (χ0v) is 20.4. The smallest absolute Gasteiger partial charge is 0.410 e. The number of ether oxygens (including phenoxy) is 2. The highest BCUT2D eigenvalue weighted by Crippen LogP contribution is 2.43. The van der Waals surface area contributed by atoms with Gasteiger partial charge >= 0.3 is 6.09 Å². The molecular weight excluding hydrogens is 453 g/mol. The Balaban J connectivity index is 1.38. The van der Waals surface area contributed by atoms with Crippen molar-refractivity contribution in [3.05, 3.63) is 30.0 Å². The van der Waals surface area contributed by atoms with Gasteiger partial charge in [0.05, 0.1) is 19.5 Å². The van der Waals surface area contributed by atoms with E-state index in [-0.39, 0.29) is 23.8 Å². The van der Waals surface area contributed by atoms with E-state index < -0.39 is 11.4 Å². The fourth-order valence-corrected chi connectivity index (χ4v) is 4.26. The molecule has 5 rings (SSSR count). The SMILES string of the molecule is COc1cc2ncc(-c3nc(NC4CCCN(C(=O)OC(C)(C)C)C4)ncc3F)n2nc1C1CC1. The third-order valence-corrected chi connectivity index (χ3v) is 6.06. The number of carbonyl (C=O) groups excluding carboxylic acids is 1. The van der Waals surface area contributed by atoms with Crippen molar-refractivity contribution >= 4 is 17.7 Å². The average molecular weight is 484 g/mol. The van der Waals surface area contributed by atoms with Crippen LogP contribution in [0.3, 0.4) is 0 Å². The van der Waals surface area contributed by atoms with Crippen LogP contribution in [-0.4, -0.2) is 67.4 Å². The van der Waals surface area contributed by atoms with Crippen molar-refractivity contribution < 1.29 is 18.7 Å². The molecule has 1 amide bonds. The quantitative estimate of drug-likeness (QED) is 0.580. The van der Waals surface area contributed by atoms with Crippen LogP contribution in [0.4, 0.5) is 15.1 Å².